The van der Waals surface area contributed by atoms with Crippen molar-refractivity contribution in [2.24, 2.45) is 5.41 Å². The fourth-order valence-electron chi connectivity index (χ4n) is 2.84. The topological polar surface area (TPSA) is 90.7 Å². The molecule has 2 rings (SSSR count). The number of likely N-dealkylation sites (tertiary alicyclic amines) is 1. The summed E-state index contributed by atoms with van der Waals surface area (Å²) in [6.07, 6.45) is 4.87. The summed E-state index contributed by atoms with van der Waals surface area (Å²) in [4.78, 5) is 29.8. The lowest BCUT2D eigenvalue weighted by atomic mass is 9.76. The molecular formula is C17H22N2O4. The molecule has 1 aliphatic rings. The molecule has 6 heteroatoms. The summed E-state index contributed by atoms with van der Waals surface area (Å²) in [6, 6.07) is 2.94. The van der Waals surface area contributed by atoms with Gasteiger partial charge in [-0.1, -0.05) is 11.6 Å². The second-order valence-corrected chi connectivity index (χ2v) is 6.27. The highest BCUT2D eigenvalue weighted by molar-refractivity contribution is 5.95. The minimum atomic E-state index is -0.977. The van der Waals surface area contributed by atoms with Gasteiger partial charge in [0.1, 0.15) is 5.75 Å². The molecule has 2 N–H and O–H groups in total. The van der Waals surface area contributed by atoms with Gasteiger partial charge >= 0.3 is 5.97 Å². The first-order valence-electron chi connectivity index (χ1n) is 7.66. The Morgan fingerprint density at radius 1 is 1.43 bits per heavy atom. The molecule has 1 amide bonds. The van der Waals surface area contributed by atoms with Crippen molar-refractivity contribution in [1.29, 1.82) is 0 Å². The predicted octanol–water partition coefficient (Wildman–Crippen LogP) is 2.45. The second kappa shape index (κ2) is 6.81. The van der Waals surface area contributed by atoms with E-state index in [1.807, 2.05) is 19.9 Å². The number of carbonyl (C=O) groups is 2. The SMILES string of the molecule is CC(C)=CCC1(C(=O)O)CCCN(C(=O)c2ncccc2O)C1. The van der Waals surface area contributed by atoms with Crippen LogP contribution in [-0.2, 0) is 4.79 Å². The number of allylic oxidation sites excluding steroid dienone is 2. The maximum Gasteiger partial charge on any atom is 0.311 e. The number of nitrogens with zero attached hydrogens (tertiary/aromatic N) is 2. The van der Waals surface area contributed by atoms with Gasteiger partial charge in [0.05, 0.1) is 5.41 Å². The van der Waals surface area contributed by atoms with Gasteiger partial charge in [0.2, 0.25) is 0 Å². The van der Waals surface area contributed by atoms with E-state index in [0.29, 0.717) is 25.8 Å². The van der Waals surface area contributed by atoms with Gasteiger partial charge in [-0.25, -0.2) is 4.98 Å². The highest BCUT2D eigenvalue weighted by Gasteiger charge is 2.43. The third kappa shape index (κ3) is 3.70. The summed E-state index contributed by atoms with van der Waals surface area (Å²) in [5.41, 5.74) is 0.0441. The van der Waals surface area contributed by atoms with Crippen molar-refractivity contribution in [3.8, 4) is 5.75 Å². The molecule has 0 aromatic carbocycles. The van der Waals surface area contributed by atoms with Gasteiger partial charge in [-0.2, -0.15) is 0 Å². The molecule has 2 heterocycles. The minimum absolute atomic E-state index is 0.0316. The number of pyridine rings is 1. The zero-order chi connectivity index (χ0) is 17.0. The highest BCUT2D eigenvalue weighted by Crippen LogP contribution is 2.35. The van der Waals surface area contributed by atoms with E-state index in [4.69, 9.17) is 0 Å². The van der Waals surface area contributed by atoms with Crippen LogP contribution < -0.4 is 0 Å². The molecule has 0 aliphatic carbocycles. The number of carboxylic acids is 1. The molecule has 1 aromatic heterocycles. The van der Waals surface area contributed by atoms with Gasteiger partial charge in [0.25, 0.3) is 5.91 Å². The van der Waals surface area contributed by atoms with Crippen molar-refractivity contribution in [2.45, 2.75) is 33.1 Å². The van der Waals surface area contributed by atoms with Gasteiger partial charge in [-0.05, 0) is 45.2 Å². The van der Waals surface area contributed by atoms with Crippen LogP contribution in [0.2, 0.25) is 0 Å². The number of aromatic hydroxyl groups is 1. The van der Waals surface area contributed by atoms with Crippen molar-refractivity contribution in [1.82, 2.24) is 9.88 Å². The molecule has 0 spiro atoms. The fraction of sp³-hybridized carbons (Fsp3) is 0.471. The average molecular weight is 318 g/mol. The zero-order valence-corrected chi connectivity index (χ0v) is 13.5. The normalized spacial score (nSPS) is 20.9. The Morgan fingerprint density at radius 3 is 2.78 bits per heavy atom. The number of hydrogen-bond donors (Lipinski definition) is 2. The lowest BCUT2D eigenvalue weighted by Gasteiger charge is -2.39. The van der Waals surface area contributed by atoms with Crippen LogP contribution in [0.3, 0.4) is 0 Å². The Hall–Kier alpha value is -2.37. The van der Waals surface area contributed by atoms with Gasteiger partial charge in [0, 0.05) is 19.3 Å². The minimum Gasteiger partial charge on any atom is -0.505 e. The number of piperidine rings is 1. The highest BCUT2D eigenvalue weighted by atomic mass is 16.4. The Balaban J connectivity index is 2.25. The van der Waals surface area contributed by atoms with Crippen LogP contribution in [0.25, 0.3) is 0 Å². The number of hydrogen-bond acceptors (Lipinski definition) is 4. The third-order valence-corrected chi connectivity index (χ3v) is 4.21. The van der Waals surface area contributed by atoms with E-state index in [1.165, 1.54) is 17.2 Å². The quantitative estimate of drug-likeness (QED) is 0.832. The molecule has 0 saturated carbocycles. The van der Waals surface area contributed by atoms with Gasteiger partial charge in [-0.3, -0.25) is 9.59 Å². The Bertz CT molecular complexity index is 637. The first-order chi connectivity index (χ1) is 10.9. The number of amides is 1. The smallest absolute Gasteiger partial charge is 0.311 e. The zero-order valence-electron chi connectivity index (χ0n) is 13.5. The largest absolute Gasteiger partial charge is 0.505 e. The molecule has 23 heavy (non-hydrogen) atoms. The Kier molecular flexibility index (Phi) is 5.03. The van der Waals surface area contributed by atoms with Gasteiger partial charge < -0.3 is 15.1 Å². The molecular weight excluding hydrogens is 296 g/mol. The summed E-state index contributed by atoms with van der Waals surface area (Å²) in [5, 5.41) is 19.5. The van der Waals surface area contributed by atoms with Gasteiger partial charge in [0.15, 0.2) is 5.69 Å². The summed E-state index contributed by atoms with van der Waals surface area (Å²) < 4.78 is 0. The van der Waals surface area contributed by atoms with E-state index in [9.17, 15) is 19.8 Å². The van der Waals surface area contributed by atoms with Crippen LogP contribution in [0, 0.1) is 5.41 Å². The lowest BCUT2D eigenvalue weighted by molar-refractivity contribution is -0.151. The third-order valence-electron chi connectivity index (χ3n) is 4.21. The molecule has 1 unspecified atom stereocenters. The fourth-order valence-corrected chi connectivity index (χ4v) is 2.84. The Labute approximate surface area is 135 Å². The number of carboxylic acid groups (broad SMARTS) is 1. The van der Waals surface area contributed by atoms with Gasteiger partial charge in [-0.15, -0.1) is 0 Å². The molecule has 6 nitrogen and oxygen atoms in total. The molecule has 124 valence electrons. The monoisotopic (exact) mass is 318 g/mol. The van der Waals surface area contributed by atoms with E-state index in [2.05, 4.69) is 4.98 Å². The standard InChI is InChI=1S/C17H22N2O4/c1-12(2)6-8-17(16(22)23)7-4-10-19(11-17)15(21)14-13(20)5-3-9-18-14/h3,5-6,9,20H,4,7-8,10-11H2,1-2H3,(H,22,23). The molecule has 1 fully saturated rings. The van der Waals surface area contributed by atoms with Crippen LogP contribution in [0.1, 0.15) is 43.6 Å². The molecule has 0 radical (unpaired) electrons. The average Bonchev–Trinajstić information content (AvgIpc) is 2.53. The van der Waals surface area contributed by atoms with E-state index in [1.54, 1.807) is 6.07 Å². The van der Waals surface area contributed by atoms with Crippen molar-refractivity contribution in [2.75, 3.05) is 13.1 Å². The van der Waals surface area contributed by atoms with Crippen molar-refractivity contribution < 1.29 is 19.8 Å². The van der Waals surface area contributed by atoms with Crippen molar-refractivity contribution >= 4 is 11.9 Å². The lowest BCUT2D eigenvalue weighted by Crippen LogP contribution is -2.50. The second-order valence-electron chi connectivity index (χ2n) is 6.27. The molecule has 1 aromatic rings. The maximum absolute atomic E-state index is 12.6. The van der Waals surface area contributed by atoms with Crippen molar-refractivity contribution in [3.05, 3.63) is 35.7 Å². The number of rotatable bonds is 4. The number of aliphatic carboxylic acids is 1. The number of aromatic nitrogens is 1. The van der Waals surface area contributed by atoms with Crippen LogP contribution in [0.4, 0.5) is 0 Å². The van der Waals surface area contributed by atoms with E-state index < -0.39 is 17.3 Å². The summed E-state index contributed by atoms with van der Waals surface area (Å²) in [6.45, 7) is 4.44. The van der Waals surface area contributed by atoms with Crippen LogP contribution in [-0.4, -0.2) is 45.1 Å². The van der Waals surface area contributed by atoms with Crippen LogP contribution >= 0.6 is 0 Å². The molecule has 0 bridgehead atoms. The van der Waals surface area contributed by atoms with E-state index in [0.717, 1.165) is 5.57 Å². The molecule has 1 saturated heterocycles. The molecule has 1 atom stereocenters. The summed E-state index contributed by atoms with van der Waals surface area (Å²) >= 11 is 0. The van der Waals surface area contributed by atoms with E-state index >= 15 is 0 Å². The van der Waals surface area contributed by atoms with Crippen LogP contribution in [0.15, 0.2) is 30.0 Å². The summed E-state index contributed by atoms with van der Waals surface area (Å²) in [5.74, 6) is -1.50. The van der Waals surface area contributed by atoms with E-state index in [-0.39, 0.29) is 18.0 Å². The molecule has 1 aliphatic heterocycles. The first kappa shape index (κ1) is 17.0. The maximum atomic E-state index is 12.6. The van der Waals surface area contributed by atoms with Crippen molar-refractivity contribution in [3.63, 3.8) is 0 Å². The Morgan fingerprint density at radius 2 is 2.17 bits per heavy atom. The predicted molar refractivity (Wildman–Crippen MR) is 85.2 cm³/mol. The number of carbonyl (C=O) groups excluding carboxylic acids is 1. The van der Waals surface area contributed by atoms with Crippen LogP contribution in [0.5, 0.6) is 5.75 Å². The summed E-state index contributed by atoms with van der Waals surface area (Å²) in [7, 11) is 0. The first-order valence-corrected chi connectivity index (χ1v) is 7.66.